The first kappa shape index (κ1) is 20.5. The van der Waals surface area contributed by atoms with E-state index in [0.717, 1.165) is 28.9 Å². The summed E-state index contributed by atoms with van der Waals surface area (Å²) in [4.78, 5) is 24.3. The minimum absolute atomic E-state index is 0.117. The molecule has 2 aromatic rings. The molecule has 0 saturated carbocycles. The molecule has 0 bridgehead atoms. The lowest BCUT2D eigenvalue weighted by Crippen LogP contribution is -2.25. The second kappa shape index (κ2) is 10.3. The third kappa shape index (κ3) is 6.75. The van der Waals surface area contributed by atoms with Crippen LogP contribution in [0.5, 0.6) is 0 Å². The van der Waals surface area contributed by atoms with Crippen molar-refractivity contribution in [1.29, 1.82) is 0 Å². The fraction of sp³-hybridized carbons (Fsp3) is 0.333. The van der Waals surface area contributed by atoms with Crippen LogP contribution in [0.25, 0.3) is 0 Å². The Hall–Kier alpha value is -2.86. The Morgan fingerprint density at radius 2 is 1.89 bits per heavy atom. The molecule has 0 heterocycles. The summed E-state index contributed by atoms with van der Waals surface area (Å²) >= 11 is 0. The number of amides is 2. The summed E-state index contributed by atoms with van der Waals surface area (Å²) < 4.78 is 4.96. The summed E-state index contributed by atoms with van der Waals surface area (Å²) in [5.74, 6) is -0.286. The lowest BCUT2D eigenvalue weighted by Gasteiger charge is -2.11. The Kier molecular flexibility index (Phi) is 7.82. The molecular formula is C21H27N3O3. The topological polar surface area (TPSA) is 79.5 Å². The molecule has 0 spiro atoms. The van der Waals surface area contributed by atoms with E-state index in [2.05, 4.69) is 16.0 Å². The molecule has 6 heteroatoms. The van der Waals surface area contributed by atoms with Crippen molar-refractivity contribution in [1.82, 2.24) is 5.32 Å². The second-order valence-electron chi connectivity index (χ2n) is 6.40. The molecule has 0 saturated heterocycles. The van der Waals surface area contributed by atoms with E-state index in [9.17, 15) is 9.59 Å². The van der Waals surface area contributed by atoms with Gasteiger partial charge in [0.25, 0.3) is 5.91 Å². The van der Waals surface area contributed by atoms with Crippen LogP contribution in [0.2, 0.25) is 0 Å². The fourth-order valence-electron chi connectivity index (χ4n) is 2.62. The zero-order chi connectivity index (χ0) is 19.6. The molecule has 0 unspecified atom stereocenters. The van der Waals surface area contributed by atoms with Gasteiger partial charge in [0.05, 0.1) is 6.54 Å². The van der Waals surface area contributed by atoms with Crippen LogP contribution in [0, 0.1) is 13.8 Å². The van der Waals surface area contributed by atoms with Crippen molar-refractivity contribution in [3.63, 3.8) is 0 Å². The highest BCUT2D eigenvalue weighted by Crippen LogP contribution is 2.16. The number of anilines is 2. The quantitative estimate of drug-likeness (QED) is 0.594. The van der Waals surface area contributed by atoms with Gasteiger partial charge < -0.3 is 20.7 Å². The molecule has 0 aliphatic carbocycles. The number of ether oxygens (including phenoxy) is 1. The molecule has 0 radical (unpaired) electrons. The summed E-state index contributed by atoms with van der Waals surface area (Å²) in [5.41, 5.74) is 4.25. The van der Waals surface area contributed by atoms with Crippen LogP contribution in [-0.4, -0.2) is 38.6 Å². The number of hydrogen-bond acceptors (Lipinski definition) is 4. The first-order valence-electron chi connectivity index (χ1n) is 8.98. The Morgan fingerprint density at radius 3 is 2.63 bits per heavy atom. The van der Waals surface area contributed by atoms with Crippen molar-refractivity contribution in [3.8, 4) is 0 Å². The maximum atomic E-state index is 12.2. The molecule has 6 nitrogen and oxygen atoms in total. The van der Waals surface area contributed by atoms with Gasteiger partial charge in [-0.25, -0.2) is 0 Å². The van der Waals surface area contributed by atoms with Gasteiger partial charge in [-0.05, 0) is 50.1 Å². The van der Waals surface area contributed by atoms with Crippen molar-refractivity contribution in [2.75, 3.05) is 37.4 Å². The molecule has 27 heavy (non-hydrogen) atoms. The van der Waals surface area contributed by atoms with Gasteiger partial charge in [0, 0.05) is 37.2 Å². The van der Waals surface area contributed by atoms with E-state index in [1.54, 1.807) is 25.3 Å². The third-order valence-electron chi connectivity index (χ3n) is 4.04. The molecule has 0 aliphatic heterocycles. The highest BCUT2D eigenvalue weighted by Gasteiger charge is 2.08. The highest BCUT2D eigenvalue weighted by molar-refractivity contribution is 5.96. The van der Waals surface area contributed by atoms with Crippen molar-refractivity contribution < 1.29 is 14.3 Å². The minimum Gasteiger partial charge on any atom is -0.385 e. The number of nitrogens with one attached hydrogen (secondary N) is 3. The zero-order valence-electron chi connectivity index (χ0n) is 16.1. The maximum Gasteiger partial charge on any atom is 0.251 e. The summed E-state index contributed by atoms with van der Waals surface area (Å²) in [6.45, 7) is 5.26. The van der Waals surface area contributed by atoms with Gasteiger partial charge in [0.2, 0.25) is 5.91 Å². The van der Waals surface area contributed by atoms with Gasteiger partial charge in [-0.2, -0.15) is 0 Å². The number of benzene rings is 2. The molecule has 0 aliphatic rings. The van der Waals surface area contributed by atoms with Gasteiger partial charge in [-0.3, -0.25) is 9.59 Å². The van der Waals surface area contributed by atoms with E-state index < -0.39 is 0 Å². The number of rotatable bonds is 9. The van der Waals surface area contributed by atoms with Crippen LogP contribution in [0.15, 0.2) is 42.5 Å². The number of methoxy groups -OCH3 is 1. The molecule has 0 aromatic heterocycles. The van der Waals surface area contributed by atoms with Gasteiger partial charge in [0.15, 0.2) is 0 Å². The van der Waals surface area contributed by atoms with Crippen molar-refractivity contribution in [3.05, 3.63) is 59.2 Å². The van der Waals surface area contributed by atoms with Crippen molar-refractivity contribution in [2.45, 2.75) is 20.3 Å². The van der Waals surface area contributed by atoms with Crippen LogP contribution in [-0.2, 0) is 9.53 Å². The van der Waals surface area contributed by atoms with Crippen molar-refractivity contribution in [2.24, 2.45) is 0 Å². The van der Waals surface area contributed by atoms with Crippen LogP contribution >= 0.6 is 0 Å². The van der Waals surface area contributed by atoms with Gasteiger partial charge in [-0.1, -0.05) is 23.8 Å². The Balaban J connectivity index is 1.86. The third-order valence-corrected chi connectivity index (χ3v) is 4.04. The van der Waals surface area contributed by atoms with E-state index >= 15 is 0 Å². The average Bonchev–Trinajstić information content (AvgIpc) is 2.66. The lowest BCUT2D eigenvalue weighted by molar-refractivity contribution is -0.114. The van der Waals surface area contributed by atoms with Gasteiger partial charge in [-0.15, -0.1) is 0 Å². The summed E-state index contributed by atoms with van der Waals surface area (Å²) in [5, 5.41) is 8.79. The van der Waals surface area contributed by atoms with Crippen LogP contribution in [0.3, 0.4) is 0 Å². The van der Waals surface area contributed by atoms with Crippen molar-refractivity contribution >= 4 is 23.2 Å². The molecule has 2 amide bonds. The lowest BCUT2D eigenvalue weighted by atomic mass is 10.1. The number of aryl methyl sites for hydroxylation is 2. The van der Waals surface area contributed by atoms with E-state index in [4.69, 9.17) is 4.74 Å². The van der Waals surface area contributed by atoms with E-state index in [-0.39, 0.29) is 18.4 Å². The standard InChI is InChI=1S/C21H27N3O3/c1-15-8-9-19(16(2)12-15)24-20(25)14-23-18-7-4-6-17(13-18)21(26)22-10-5-11-27-3/h4,6-9,12-13,23H,5,10-11,14H2,1-3H3,(H,22,26)(H,24,25). The van der Waals surface area contributed by atoms with E-state index in [1.165, 1.54) is 0 Å². The molecular weight excluding hydrogens is 342 g/mol. The molecule has 2 rings (SSSR count). The van der Waals surface area contributed by atoms with Crippen LogP contribution in [0.4, 0.5) is 11.4 Å². The molecule has 0 fully saturated rings. The zero-order valence-corrected chi connectivity index (χ0v) is 16.1. The average molecular weight is 369 g/mol. The molecule has 0 atom stereocenters. The highest BCUT2D eigenvalue weighted by atomic mass is 16.5. The van der Waals surface area contributed by atoms with E-state index in [0.29, 0.717) is 18.7 Å². The van der Waals surface area contributed by atoms with Gasteiger partial charge in [0.1, 0.15) is 0 Å². The number of hydrogen-bond donors (Lipinski definition) is 3. The molecule has 3 N–H and O–H groups in total. The summed E-state index contributed by atoms with van der Waals surface area (Å²) in [6, 6.07) is 13.0. The van der Waals surface area contributed by atoms with Gasteiger partial charge >= 0.3 is 0 Å². The predicted octanol–water partition coefficient (Wildman–Crippen LogP) is 3.12. The predicted molar refractivity (Wildman–Crippen MR) is 108 cm³/mol. The number of carbonyl (C=O) groups excluding carboxylic acids is 2. The Bertz CT molecular complexity index is 790. The molecule has 2 aromatic carbocycles. The monoisotopic (exact) mass is 369 g/mol. The fourth-order valence-corrected chi connectivity index (χ4v) is 2.62. The Labute approximate surface area is 160 Å². The number of carbonyl (C=O) groups is 2. The largest absolute Gasteiger partial charge is 0.385 e. The second-order valence-corrected chi connectivity index (χ2v) is 6.40. The Morgan fingerprint density at radius 1 is 1.07 bits per heavy atom. The van der Waals surface area contributed by atoms with E-state index in [1.807, 2.05) is 38.1 Å². The molecule has 144 valence electrons. The summed E-state index contributed by atoms with van der Waals surface area (Å²) in [7, 11) is 1.63. The van der Waals surface area contributed by atoms with Crippen LogP contribution in [0.1, 0.15) is 27.9 Å². The maximum absolute atomic E-state index is 12.2. The smallest absolute Gasteiger partial charge is 0.251 e. The SMILES string of the molecule is COCCCNC(=O)c1cccc(NCC(=O)Nc2ccc(C)cc2C)c1. The minimum atomic E-state index is -0.144. The summed E-state index contributed by atoms with van der Waals surface area (Å²) in [6.07, 6.45) is 0.763. The first-order chi connectivity index (χ1) is 13.0. The van der Waals surface area contributed by atoms with Crippen LogP contribution < -0.4 is 16.0 Å². The first-order valence-corrected chi connectivity index (χ1v) is 8.98. The normalized spacial score (nSPS) is 10.3.